The first-order valence-corrected chi connectivity index (χ1v) is 20.2. The van der Waals surface area contributed by atoms with Gasteiger partial charge in [0.2, 0.25) is 0 Å². The number of fused-ring (bicyclic) bond motifs is 11. The molecule has 1 nitrogen and oxygen atoms in total. The Morgan fingerprint density at radius 3 is 1.57 bits per heavy atom. The molecule has 0 N–H and O–H groups in total. The summed E-state index contributed by atoms with van der Waals surface area (Å²) in [4.78, 5) is 0. The van der Waals surface area contributed by atoms with Crippen molar-refractivity contribution < 1.29 is 0 Å². The minimum absolute atomic E-state index is 1.21. The van der Waals surface area contributed by atoms with Crippen molar-refractivity contribution in [3.8, 4) is 22.3 Å². The minimum atomic E-state index is 1.21. The first-order chi connectivity index (χ1) is 27.8. The maximum atomic E-state index is 2.57. The van der Waals surface area contributed by atoms with Gasteiger partial charge in [-0.1, -0.05) is 152 Å². The molecule has 0 saturated heterocycles. The molecule has 0 fully saturated rings. The monoisotopic (exact) mass is 725 g/mol. The quantitative estimate of drug-likeness (QED) is 0.156. The van der Waals surface area contributed by atoms with Crippen LogP contribution in [0.3, 0.4) is 0 Å². The normalized spacial score (nSPS) is 12.3. The average molecular weight is 726 g/mol. The van der Waals surface area contributed by atoms with E-state index in [4.69, 9.17) is 0 Å². The zero-order valence-electron chi connectivity index (χ0n) is 30.3. The van der Waals surface area contributed by atoms with Gasteiger partial charge in [0.05, 0.1) is 16.6 Å². The second kappa shape index (κ2) is 11.3. The van der Waals surface area contributed by atoms with Gasteiger partial charge in [0, 0.05) is 36.3 Å². The number of aromatic nitrogens is 1. The summed E-state index contributed by atoms with van der Waals surface area (Å²) < 4.78 is 5.21. The van der Waals surface area contributed by atoms with Crippen LogP contribution in [0.4, 0.5) is 0 Å². The largest absolute Gasteiger partial charge is 0.308 e. The first-order valence-electron chi connectivity index (χ1n) is 19.3. The fourth-order valence-electron chi connectivity index (χ4n) is 9.98. The number of thiophene rings is 1. The van der Waals surface area contributed by atoms with E-state index in [0.29, 0.717) is 0 Å². The van der Waals surface area contributed by atoms with E-state index < -0.39 is 0 Å². The van der Waals surface area contributed by atoms with Crippen LogP contribution in [0, 0.1) is 0 Å². The Kier molecular flexibility index (Phi) is 6.11. The molecule has 0 amide bonds. The van der Waals surface area contributed by atoms with Crippen molar-refractivity contribution in [2.24, 2.45) is 0 Å². The van der Waals surface area contributed by atoms with Crippen molar-refractivity contribution in [1.29, 1.82) is 0 Å². The lowest BCUT2D eigenvalue weighted by Gasteiger charge is -2.18. The fraction of sp³-hybridized carbons (Fsp3) is 0. The number of hydrogen-bond acceptors (Lipinski definition) is 1. The molecule has 56 heavy (non-hydrogen) atoms. The molecule has 13 aromatic rings. The highest BCUT2D eigenvalue weighted by Crippen LogP contribution is 2.48. The molecule has 3 aromatic heterocycles. The molecular weight excluding hydrogens is 695 g/mol. The van der Waals surface area contributed by atoms with E-state index in [1.807, 2.05) is 11.3 Å². The number of rotatable bonds is 2. The van der Waals surface area contributed by atoms with E-state index >= 15 is 0 Å². The van der Waals surface area contributed by atoms with Crippen LogP contribution in [0.25, 0.3) is 124 Å². The molecule has 0 aliphatic carbocycles. The van der Waals surface area contributed by atoms with Crippen LogP contribution in [0.2, 0.25) is 0 Å². The van der Waals surface area contributed by atoms with Gasteiger partial charge in [-0.15, -0.1) is 11.3 Å². The van der Waals surface area contributed by atoms with Gasteiger partial charge in [0.15, 0.2) is 0 Å². The molecule has 10 aromatic carbocycles. The molecule has 0 saturated carbocycles. The molecule has 0 unspecified atom stereocenters. The predicted molar refractivity (Wildman–Crippen MR) is 244 cm³/mol. The molecule has 0 bridgehead atoms. The van der Waals surface area contributed by atoms with E-state index in [-0.39, 0.29) is 0 Å². The Hall–Kier alpha value is -7.00. The lowest BCUT2D eigenvalue weighted by molar-refractivity contribution is 1.36. The summed E-state index contributed by atoms with van der Waals surface area (Å²) in [5.74, 6) is 0. The van der Waals surface area contributed by atoms with Gasteiger partial charge in [-0.25, -0.2) is 0 Å². The van der Waals surface area contributed by atoms with Crippen molar-refractivity contribution in [3.05, 3.63) is 188 Å². The highest BCUT2D eigenvalue weighted by Gasteiger charge is 2.22. The number of nitrogens with zero attached hydrogens (tertiary/aromatic N) is 1. The van der Waals surface area contributed by atoms with Gasteiger partial charge < -0.3 is 4.40 Å². The molecular formula is C54H31NS. The van der Waals surface area contributed by atoms with E-state index in [0.717, 1.165) is 0 Å². The third-order valence-corrected chi connectivity index (χ3v) is 13.4. The summed E-state index contributed by atoms with van der Waals surface area (Å²) in [5, 5.41) is 17.9. The minimum Gasteiger partial charge on any atom is -0.308 e. The van der Waals surface area contributed by atoms with E-state index in [2.05, 4.69) is 192 Å². The van der Waals surface area contributed by atoms with Gasteiger partial charge in [-0.3, -0.25) is 0 Å². The van der Waals surface area contributed by atoms with Crippen LogP contribution in [0.15, 0.2) is 188 Å². The lowest BCUT2D eigenvalue weighted by Crippen LogP contribution is -1.91. The molecule has 2 heteroatoms. The Balaban J connectivity index is 1.19. The summed E-state index contributed by atoms with van der Waals surface area (Å²) in [6, 6.07) is 70.3. The lowest BCUT2D eigenvalue weighted by atomic mass is 9.85. The highest BCUT2D eigenvalue weighted by atomic mass is 32.1. The Bertz CT molecular complexity index is 3750. The standard InChI is InChI=1S/C54H31NS/c1-2-13-33-30-34(25-24-32(33)12-1)50-40-17-5-7-19-42(40)51(43-20-8-6-18-41(43)50)35-26-28-47-45(31-35)44-27-29-49-53-52-39(21-11-23-48(52)56-49)37-15-4-3-14-36(37)38-16-9-10-22-46(38)55(47)54(44)53/h1-31H. The summed E-state index contributed by atoms with van der Waals surface area (Å²) in [6.45, 7) is 0. The van der Waals surface area contributed by atoms with Gasteiger partial charge in [-0.2, -0.15) is 0 Å². The summed E-state index contributed by atoms with van der Waals surface area (Å²) in [6.07, 6.45) is 0. The Morgan fingerprint density at radius 2 is 0.839 bits per heavy atom. The molecule has 0 aliphatic heterocycles. The average Bonchev–Trinajstić information content (AvgIpc) is 3.81. The van der Waals surface area contributed by atoms with Crippen molar-refractivity contribution in [2.45, 2.75) is 0 Å². The fourth-order valence-corrected chi connectivity index (χ4v) is 11.1. The molecule has 0 radical (unpaired) electrons. The SMILES string of the molecule is c1ccc2cc(-c3c4ccccc4c(-c4ccc5c(c4)c4ccc6sc7cccc8c9ccccc9c9ccccc9n5c4c6c78)c4ccccc34)ccc2c1. The maximum absolute atomic E-state index is 2.57. The van der Waals surface area contributed by atoms with Crippen LogP contribution in [0.5, 0.6) is 0 Å². The second-order valence-corrected chi connectivity index (χ2v) is 16.2. The highest BCUT2D eigenvalue weighted by molar-refractivity contribution is 7.26. The van der Waals surface area contributed by atoms with Gasteiger partial charge >= 0.3 is 0 Å². The van der Waals surface area contributed by atoms with Crippen LogP contribution >= 0.6 is 11.3 Å². The third-order valence-electron chi connectivity index (χ3n) is 12.3. The number of benzene rings is 10. The van der Waals surface area contributed by atoms with Gasteiger partial charge in [-0.05, 0) is 107 Å². The number of para-hydroxylation sites is 1. The molecule has 13 rings (SSSR count). The Labute approximate surface area is 325 Å². The van der Waals surface area contributed by atoms with E-state index in [1.165, 1.54) is 124 Å². The second-order valence-electron chi connectivity index (χ2n) is 15.1. The third kappa shape index (κ3) is 4.03. The molecule has 0 atom stereocenters. The van der Waals surface area contributed by atoms with E-state index in [9.17, 15) is 0 Å². The summed E-state index contributed by atoms with van der Waals surface area (Å²) >= 11 is 1.90. The van der Waals surface area contributed by atoms with E-state index in [1.54, 1.807) is 0 Å². The summed E-state index contributed by atoms with van der Waals surface area (Å²) in [5.41, 5.74) is 8.77. The summed E-state index contributed by atoms with van der Waals surface area (Å²) in [7, 11) is 0. The maximum Gasteiger partial charge on any atom is 0.0634 e. The zero-order chi connectivity index (χ0) is 36.5. The smallest absolute Gasteiger partial charge is 0.0634 e. The van der Waals surface area contributed by atoms with Gasteiger partial charge in [0.1, 0.15) is 0 Å². The van der Waals surface area contributed by atoms with Crippen molar-refractivity contribution >= 4 is 113 Å². The van der Waals surface area contributed by atoms with Crippen LogP contribution in [-0.2, 0) is 0 Å². The van der Waals surface area contributed by atoms with Crippen molar-refractivity contribution in [1.82, 2.24) is 4.40 Å². The van der Waals surface area contributed by atoms with Crippen LogP contribution < -0.4 is 0 Å². The topological polar surface area (TPSA) is 4.41 Å². The van der Waals surface area contributed by atoms with Crippen LogP contribution in [-0.4, -0.2) is 4.40 Å². The molecule has 0 aliphatic rings. The number of hydrogen-bond donors (Lipinski definition) is 0. The Morgan fingerprint density at radius 1 is 0.304 bits per heavy atom. The van der Waals surface area contributed by atoms with Crippen molar-refractivity contribution in [3.63, 3.8) is 0 Å². The molecule has 3 heterocycles. The van der Waals surface area contributed by atoms with Crippen molar-refractivity contribution in [2.75, 3.05) is 0 Å². The molecule has 258 valence electrons. The first kappa shape index (κ1) is 30.3. The zero-order valence-corrected chi connectivity index (χ0v) is 31.1. The van der Waals surface area contributed by atoms with Crippen LogP contribution in [0.1, 0.15) is 0 Å². The predicted octanol–water partition coefficient (Wildman–Crippen LogP) is 15.7. The molecule has 0 spiro atoms. The van der Waals surface area contributed by atoms with Gasteiger partial charge in [0.25, 0.3) is 0 Å².